The molecule has 0 spiro atoms. The number of nitrogens with one attached hydrogen (secondary N) is 4. The van der Waals surface area contributed by atoms with E-state index in [0.717, 1.165) is 59.1 Å². The Morgan fingerprint density at radius 2 is 1.42 bits per heavy atom. The van der Waals surface area contributed by atoms with Crippen LogP contribution in [-0.2, 0) is 19.1 Å². The highest BCUT2D eigenvalue weighted by Crippen LogP contribution is 2.34. The van der Waals surface area contributed by atoms with E-state index in [1.54, 1.807) is 22.9 Å². The summed E-state index contributed by atoms with van der Waals surface area (Å²) in [6.45, 7) is 6.60. The molecule has 2 aromatic heterocycles. The number of nitrogens with zero attached hydrogens (tertiary/aromatic N) is 4. The van der Waals surface area contributed by atoms with Crippen molar-refractivity contribution in [3.05, 3.63) is 71.4 Å². The number of benzene rings is 2. The topological polar surface area (TPSA) is 175 Å². The third-order valence-electron chi connectivity index (χ3n) is 9.63. The second-order valence-electron chi connectivity index (χ2n) is 13.5. The second-order valence-corrected chi connectivity index (χ2v) is 13.5. The van der Waals surface area contributed by atoms with Gasteiger partial charge in [0.25, 0.3) is 0 Å². The molecule has 4 atom stereocenters. The van der Waals surface area contributed by atoms with E-state index in [9.17, 15) is 19.2 Å². The van der Waals surface area contributed by atoms with Gasteiger partial charge in [0.15, 0.2) is 0 Å². The van der Waals surface area contributed by atoms with Crippen molar-refractivity contribution in [1.29, 1.82) is 0 Å². The lowest BCUT2D eigenvalue weighted by molar-refractivity contribution is -0.135. The van der Waals surface area contributed by atoms with Crippen LogP contribution in [0.15, 0.2) is 48.7 Å². The Labute approximate surface area is 302 Å². The van der Waals surface area contributed by atoms with Crippen LogP contribution in [0.1, 0.15) is 81.3 Å². The fraction of sp³-hybridized carbons (Fsp3) is 0.421. The van der Waals surface area contributed by atoms with Gasteiger partial charge in [0.1, 0.15) is 23.7 Å². The summed E-state index contributed by atoms with van der Waals surface area (Å²) in [7, 11) is 2.55. The van der Waals surface area contributed by atoms with Crippen molar-refractivity contribution in [1.82, 2.24) is 40.4 Å². The molecule has 52 heavy (non-hydrogen) atoms. The SMILES string of the molecule is COC(=O)N[C@@H](C)C(=O)N1CCC[C@H]1c1nc2ccc(C#Cc3ccc(-c4cnc([C@@H]5CCCN5C(=O)[C@@H](NC(=O)OC)C(C)C)[nH]4)cc3)cc2[nH]1. The number of amides is 4. The van der Waals surface area contributed by atoms with Crippen LogP contribution >= 0.6 is 0 Å². The van der Waals surface area contributed by atoms with E-state index in [-0.39, 0.29) is 29.8 Å². The second kappa shape index (κ2) is 15.6. The standard InChI is InChI=1S/C38H44N8O6/c1-22(2)32(44-38(50)52-5)36(48)46-19-6-8-30(46)33-39-21-29(43-33)26-15-12-24(13-16-26)10-11-25-14-17-27-28(20-25)42-34(41-27)31-9-7-18-45(31)35(47)23(3)40-37(49)51-4/h12-17,20-23,30-32H,6-9,18-19H2,1-5H3,(H,39,43)(H,40,49)(H,41,42)(H,44,50)/t23-,30-,31-,32-/m0/s1. The molecule has 4 aromatic rings. The number of fused-ring (bicyclic) bond motifs is 1. The molecule has 14 nitrogen and oxygen atoms in total. The van der Waals surface area contributed by atoms with Crippen molar-refractivity contribution in [2.45, 2.75) is 70.6 Å². The van der Waals surface area contributed by atoms with Gasteiger partial charge in [-0.15, -0.1) is 0 Å². The number of imidazole rings is 2. The Bertz CT molecular complexity index is 2010. The minimum absolute atomic E-state index is 0.108. The summed E-state index contributed by atoms with van der Waals surface area (Å²) in [5.41, 5.74) is 5.04. The first-order valence-corrected chi connectivity index (χ1v) is 17.5. The van der Waals surface area contributed by atoms with E-state index in [2.05, 4.69) is 42.2 Å². The van der Waals surface area contributed by atoms with Gasteiger partial charge in [-0.3, -0.25) is 9.59 Å². The molecule has 4 heterocycles. The summed E-state index contributed by atoms with van der Waals surface area (Å²) in [6.07, 6.45) is 3.73. The molecule has 0 aliphatic carbocycles. The maximum atomic E-state index is 13.5. The van der Waals surface area contributed by atoms with Gasteiger partial charge in [-0.1, -0.05) is 37.8 Å². The molecule has 0 saturated carbocycles. The Kier molecular flexibility index (Phi) is 10.8. The Morgan fingerprint density at radius 3 is 2.10 bits per heavy atom. The average molecular weight is 709 g/mol. The fourth-order valence-electron chi connectivity index (χ4n) is 6.85. The number of carbonyl (C=O) groups is 4. The van der Waals surface area contributed by atoms with Crippen LogP contribution in [0.5, 0.6) is 0 Å². The number of rotatable bonds is 8. The summed E-state index contributed by atoms with van der Waals surface area (Å²) < 4.78 is 9.38. The summed E-state index contributed by atoms with van der Waals surface area (Å²) in [5.74, 6) is 7.45. The van der Waals surface area contributed by atoms with Crippen LogP contribution in [0.3, 0.4) is 0 Å². The quantitative estimate of drug-likeness (QED) is 0.189. The number of H-pyrrole nitrogens is 2. The Morgan fingerprint density at radius 1 is 0.808 bits per heavy atom. The van der Waals surface area contributed by atoms with Crippen molar-refractivity contribution in [3.8, 4) is 23.1 Å². The molecule has 6 rings (SSSR count). The van der Waals surface area contributed by atoms with E-state index in [0.29, 0.717) is 24.7 Å². The summed E-state index contributed by atoms with van der Waals surface area (Å²) in [6, 6.07) is 11.8. The lowest BCUT2D eigenvalue weighted by Crippen LogP contribution is -2.51. The minimum Gasteiger partial charge on any atom is -0.453 e. The largest absolute Gasteiger partial charge is 0.453 e. The number of aromatic amines is 2. The van der Waals surface area contributed by atoms with Crippen molar-refractivity contribution in [2.24, 2.45) is 5.92 Å². The number of methoxy groups -OCH3 is 2. The number of hydrogen-bond acceptors (Lipinski definition) is 8. The van der Waals surface area contributed by atoms with Crippen molar-refractivity contribution < 1.29 is 28.7 Å². The van der Waals surface area contributed by atoms with Crippen LogP contribution in [0.4, 0.5) is 9.59 Å². The lowest BCUT2D eigenvalue weighted by atomic mass is 10.0. The molecular formula is C38H44N8O6. The monoisotopic (exact) mass is 708 g/mol. The maximum Gasteiger partial charge on any atom is 0.407 e. The first-order chi connectivity index (χ1) is 25.1. The molecular weight excluding hydrogens is 664 g/mol. The van der Waals surface area contributed by atoms with Crippen LogP contribution in [-0.4, -0.2) is 93.1 Å². The fourth-order valence-corrected chi connectivity index (χ4v) is 6.85. The molecule has 14 heteroatoms. The van der Waals surface area contributed by atoms with Crippen LogP contribution in [0.25, 0.3) is 22.3 Å². The van der Waals surface area contributed by atoms with E-state index in [1.807, 2.05) is 56.3 Å². The highest BCUT2D eigenvalue weighted by atomic mass is 16.5. The van der Waals surface area contributed by atoms with Gasteiger partial charge in [-0.2, -0.15) is 0 Å². The molecule has 2 aromatic carbocycles. The van der Waals surface area contributed by atoms with E-state index in [1.165, 1.54) is 14.2 Å². The number of likely N-dealkylation sites (tertiary alicyclic amines) is 2. The summed E-state index contributed by atoms with van der Waals surface area (Å²) in [5, 5.41) is 5.23. The predicted octanol–water partition coefficient (Wildman–Crippen LogP) is 4.80. The molecule has 4 amide bonds. The van der Waals surface area contributed by atoms with Gasteiger partial charge in [0.05, 0.1) is 49.2 Å². The van der Waals surface area contributed by atoms with Crippen LogP contribution in [0.2, 0.25) is 0 Å². The zero-order valence-corrected chi connectivity index (χ0v) is 30.0. The van der Waals surface area contributed by atoms with Crippen molar-refractivity contribution in [2.75, 3.05) is 27.3 Å². The van der Waals surface area contributed by atoms with E-state index >= 15 is 0 Å². The van der Waals surface area contributed by atoms with Gasteiger partial charge < -0.3 is 39.9 Å². The van der Waals surface area contributed by atoms with Crippen molar-refractivity contribution in [3.63, 3.8) is 0 Å². The van der Waals surface area contributed by atoms with Gasteiger partial charge in [-0.05, 0) is 74.4 Å². The normalized spacial score (nSPS) is 18.1. The van der Waals surface area contributed by atoms with Crippen molar-refractivity contribution >= 4 is 35.0 Å². The van der Waals surface area contributed by atoms with Crippen LogP contribution < -0.4 is 10.6 Å². The Hall–Kier alpha value is -5.84. The zero-order valence-electron chi connectivity index (χ0n) is 30.0. The van der Waals surface area contributed by atoms with Crippen LogP contribution in [0, 0.1) is 17.8 Å². The average Bonchev–Trinajstić information content (AvgIpc) is 3.98. The molecule has 4 N–H and O–H groups in total. The lowest BCUT2D eigenvalue weighted by Gasteiger charge is -2.30. The van der Waals surface area contributed by atoms with Gasteiger partial charge in [-0.25, -0.2) is 19.6 Å². The minimum atomic E-state index is -0.715. The zero-order chi connectivity index (χ0) is 36.9. The van der Waals surface area contributed by atoms with Gasteiger partial charge in [0, 0.05) is 24.2 Å². The Balaban J connectivity index is 1.11. The highest BCUT2D eigenvalue weighted by molar-refractivity contribution is 5.87. The van der Waals surface area contributed by atoms with E-state index in [4.69, 9.17) is 9.72 Å². The molecule has 0 bridgehead atoms. The summed E-state index contributed by atoms with van der Waals surface area (Å²) >= 11 is 0. The smallest absolute Gasteiger partial charge is 0.407 e. The molecule has 0 radical (unpaired) electrons. The molecule has 2 aliphatic heterocycles. The van der Waals surface area contributed by atoms with Gasteiger partial charge >= 0.3 is 12.2 Å². The first-order valence-electron chi connectivity index (χ1n) is 17.5. The number of aromatic nitrogens is 4. The third-order valence-corrected chi connectivity index (χ3v) is 9.63. The maximum absolute atomic E-state index is 13.5. The first kappa shape index (κ1) is 36.0. The third kappa shape index (κ3) is 7.73. The highest BCUT2D eigenvalue weighted by Gasteiger charge is 2.38. The molecule has 2 saturated heterocycles. The van der Waals surface area contributed by atoms with E-state index < -0.39 is 24.3 Å². The number of alkyl carbamates (subject to hydrolysis) is 2. The number of ether oxygens (including phenoxy) is 2. The number of carbonyl (C=O) groups excluding carboxylic acids is 4. The molecule has 272 valence electrons. The predicted molar refractivity (Wildman–Crippen MR) is 193 cm³/mol. The summed E-state index contributed by atoms with van der Waals surface area (Å²) in [4.78, 5) is 69.9. The van der Waals surface area contributed by atoms with Gasteiger partial charge in [0.2, 0.25) is 11.8 Å². The molecule has 2 fully saturated rings. The number of hydrogen-bond donors (Lipinski definition) is 4. The molecule has 0 unspecified atom stereocenters. The molecule has 2 aliphatic rings.